The van der Waals surface area contributed by atoms with E-state index in [-0.39, 0.29) is 29.0 Å². The molecule has 1 aromatic carbocycles. The molecular weight excluding hydrogens is 471 g/mol. The maximum Gasteiger partial charge on any atom is 0.183 e. The number of anilines is 1. The molecule has 3 saturated carbocycles. The number of hydrogen-bond donors (Lipinski definition) is 2. The molecule has 2 aromatic rings. The first kappa shape index (κ1) is 24.1. The summed E-state index contributed by atoms with van der Waals surface area (Å²) in [6.07, 6.45) is 6.49. The SMILES string of the molecule is CC1CC2C3CCC4=CC(=O)C=CC4(C)C3(F)C(O)CC2(C)C1c1csc(NCc2ccccc2)n1. The molecular formula is C30H35FN2O2S. The van der Waals surface area contributed by atoms with Gasteiger partial charge in [0.25, 0.3) is 0 Å². The topological polar surface area (TPSA) is 62.2 Å². The number of hydrogen-bond acceptors (Lipinski definition) is 5. The van der Waals surface area contributed by atoms with E-state index in [0.29, 0.717) is 25.2 Å². The smallest absolute Gasteiger partial charge is 0.183 e. The molecule has 0 spiro atoms. The van der Waals surface area contributed by atoms with Gasteiger partial charge in [0.1, 0.15) is 0 Å². The molecule has 3 fully saturated rings. The van der Waals surface area contributed by atoms with Crippen molar-refractivity contribution in [3.63, 3.8) is 0 Å². The number of carbonyl (C=O) groups excluding carboxylic acids is 1. The number of nitrogens with one attached hydrogen (secondary N) is 1. The van der Waals surface area contributed by atoms with E-state index in [9.17, 15) is 9.90 Å². The van der Waals surface area contributed by atoms with Crippen molar-refractivity contribution < 1.29 is 14.3 Å². The van der Waals surface area contributed by atoms with Crippen molar-refractivity contribution in [1.29, 1.82) is 0 Å². The molecule has 0 aliphatic heterocycles. The number of carbonyl (C=O) groups is 1. The van der Waals surface area contributed by atoms with Crippen LogP contribution in [0, 0.1) is 28.6 Å². The van der Waals surface area contributed by atoms with Gasteiger partial charge >= 0.3 is 0 Å². The first-order valence-corrected chi connectivity index (χ1v) is 14.1. The Morgan fingerprint density at radius 2 is 2.00 bits per heavy atom. The van der Waals surface area contributed by atoms with Gasteiger partial charge in [-0.15, -0.1) is 11.3 Å². The summed E-state index contributed by atoms with van der Waals surface area (Å²) < 4.78 is 17.3. The highest BCUT2D eigenvalue weighted by atomic mass is 32.1. The second kappa shape index (κ2) is 8.35. The molecule has 6 rings (SSSR count). The summed E-state index contributed by atoms with van der Waals surface area (Å²) in [7, 11) is 0. The number of thiazole rings is 1. The molecule has 4 aliphatic carbocycles. The Hall–Kier alpha value is -2.31. The molecule has 0 amide bonds. The lowest BCUT2D eigenvalue weighted by Crippen LogP contribution is -2.66. The summed E-state index contributed by atoms with van der Waals surface area (Å²) in [6, 6.07) is 10.3. The predicted octanol–water partition coefficient (Wildman–Crippen LogP) is 6.46. The van der Waals surface area contributed by atoms with Gasteiger partial charge in [-0.05, 0) is 67.6 Å². The number of halogens is 1. The van der Waals surface area contributed by atoms with Gasteiger partial charge in [-0.1, -0.05) is 55.8 Å². The molecule has 0 bridgehead atoms. The molecule has 2 N–H and O–H groups in total. The molecule has 36 heavy (non-hydrogen) atoms. The van der Waals surface area contributed by atoms with Gasteiger partial charge < -0.3 is 10.4 Å². The van der Waals surface area contributed by atoms with Crippen LogP contribution in [-0.4, -0.2) is 27.6 Å². The maximum atomic E-state index is 17.3. The normalized spacial score (nSPS) is 41.3. The van der Waals surface area contributed by atoms with Crippen LogP contribution in [0.2, 0.25) is 0 Å². The lowest BCUT2D eigenvalue weighted by atomic mass is 9.45. The van der Waals surface area contributed by atoms with Gasteiger partial charge in [0.2, 0.25) is 0 Å². The Labute approximate surface area is 216 Å². The van der Waals surface area contributed by atoms with Gasteiger partial charge in [0.15, 0.2) is 16.6 Å². The zero-order chi connectivity index (χ0) is 25.3. The Kier molecular flexibility index (Phi) is 5.58. The largest absolute Gasteiger partial charge is 0.390 e. The molecule has 8 unspecified atom stereocenters. The summed E-state index contributed by atoms with van der Waals surface area (Å²) in [5.74, 6) is 0.380. The minimum absolute atomic E-state index is 0.0746. The van der Waals surface area contributed by atoms with E-state index in [1.807, 2.05) is 25.1 Å². The number of nitrogens with zero attached hydrogens (tertiary/aromatic N) is 1. The molecule has 0 saturated heterocycles. The third kappa shape index (κ3) is 3.33. The van der Waals surface area contributed by atoms with Crippen molar-refractivity contribution in [1.82, 2.24) is 4.98 Å². The Bertz CT molecular complexity index is 1240. The fourth-order valence-electron chi connectivity index (χ4n) is 8.49. The number of aliphatic hydroxyl groups excluding tert-OH is 1. The van der Waals surface area contributed by atoms with Crippen LogP contribution in [0.25, 0.3) is 0 Å². The number of aromatic nitrogens is 1. The molecule has 6 heteroatoms. The minimum atomic E-state index is -1.77. The van der Waals surface area contributed by atoms with Gasteiger partial charge in [-0.25, -0.2) is 9.37 Å². The Morgan fingerprint density at radius 3 is 2.78 bits per heavy atom. The molecule has 0 radical (unpaired) electrons. The fourth-order valence-corrected chi connectivity index (χ4v) is 9.24. The summed E-state index contributed by atoms with van der Waals surface area (Å²) in [4.78, 5) is 17.1. The van der Waals surface area contributed by atoms with E-state index >= 15 is 4.39 Å². The van der Waals surface area contributed by atoms with Crippen molar-refractivity contribution in [2.75, 3.05) is 5.32 Å². The van der Waals surface area contributed by atoms with Gasteiger partial charge in [-0.3, -0.25) is 4.79 Å². The Balaban J connectivity index is 1.29. The van der Waals surface area contributed by atoms with E-state index < -0.39 is 17.2 Å². The van der Waals surface area contributed by atoms with Crippen LogP contribution in [0.5, 0.6) is 0 Å². The lowest BCUT2D eigenvalue weighted by molar-refractivity contribution is -0.191. The summed E-state index contributed by atoms with van der Waals surface area (Å²) in [5, 5.41) is 18.1. The van der Waals surface area contributed by atoms with Crippen molar-refractivity contribution >= 4 is 22.3 Å². The van der Waals surface area contributed by atoms with Crippen LogP contribution in [-0.2, 0) is 11.3 Å². The molecule has 8 atom stereocenters. The van der Waals surface area contributed by atoms with Crippen molar-refractivity contribution in [3.8, 4) is 0 Å². The summed E-state index contributed by atoms with van der Waals surface area (Å²) in [6.45, 7) is 7.15. The second-order valence-electron chi connectivity index (χ2n) is 12.0. The lowest BCUT2D eigenvalue weighted by Gasteiger charge is -2.62. The third-order valence-electron chi connectivity index (χ3n) is 10.1. The highest BCUT2D eigenvalue weighted by Crippen LogP contribution is 2.71. The number of rotatable bonds is 4. The standard InChI is InChI=1S/C30H35FN2O2S/c1-18-13-23-22-10-9-20-14-21(34)11-12-29(20,3)30(22,31)25(35)15-28(23,2)26(18)24-17-36-27(33-24)32-16-19-7-5-4-6-8-19/h4-8,11-12,14,17-18,22-23,25-26,35H,9-10,13,15-16H2,1-3H3,(H,32,33). The quantitative estimate of drug-likeness (QED) is 0.500. The average molecular weight is 507 g/mol. The minimum Gasteiger partial charge on any atom is -0.390 e. The average Bonchev–Trinajstić information content (AvgIpc) is 3.41. The van der Waals surface area contributed by atoms with Gasteiger partial charge in [-0.2, -0.15) is 0 Å². The van der Waals surface area contributed by atoms with E-state index in [2.05, 4.69) is 36.7 Å². The number of benzene rings is 1. The van der Waals surface area contributed by atoms with Crippen molar-refractivity contribution in [2.24, 2.45) is 28.6 Å². The van der Waals surface area contributed by atoms with Crippen molar-refractivity contribution in [3.05, 3.63) is 70.8 Å². The number of ketones is 1. The fraction of sp³-hybridized carbons (Fsp3) is 0.533. The second-order valence-corrected chi connectivity index (χ2v) is 12.8. The van der Waals surface area contributed by atoms with Crippen LogP contribution in [0.3, 0.4) is 0 Å². The van der Waals surface area contributed by atoms with Crippen LogP contribution in [0.15, 0.2) is 59.5 Å². The number of fused-ring (bicyclic) bond motifs is 5. The zero-order valence-corrected chi connectivity index (χ0v) is 22.0. The van der Waals surface area contributed by atoms with E-state index in [4.69, 9.17) is 4.98 Å². The van der Waals surface area contributed by atoms with E-state index in [1.165, 1.54) is 11.6 Å². The number of alkyl halides is 1. The van der Waals surface area contributed by atoms with Crippen LogP contribution >= 0.6 is 11.3 Å². The Morgan fingerprint density at radius 1 is 1.22 bits per heavy atom. The number of allylic oxidation sites excluding steroid dienone is 4. The maximum absolute atomic E-state index is 17.3. The molecule has 1 aromatic heterocycles. The zero-order valence-electron chi connectivity index (χ0n) is 21.2. The monoisotopic (exact) mass is 506 g/mol. The van der Waals surface area contributed by atoms with Crippen LogP contribution < -0.4 is 5.32 Å². The third-order valence-corrected chi connectivity index (χ3v) is 10.9. The molecule has 4 nitrogen and oxygen atoms in total. The van der Waals surface area contributed by atoms with E-state index in [1.54, 1.807) is 23.5 Å². The first-order chi connectivity index (χ1) is 17.2. The summed E-state index contributed by atoms with van der Waals surface area (Å²) >= 11 is 1.63. The highest BCUT2D eigenvalue weighted by Gasteiger charge is 2.71. The predicted molar refractivity (Wildman–Crippen MR) is 142 cm³/mol. The van der Waals surface area contributed by atoms with Gasteiger partial charge in [0, 0.05) is 29.2 Å². The van der Waals surface area contributed by atoms with Crippen LogP contribution in [0.1, 0.15) is 63.6 Å². The highest BCUT2D eigenvalue weighted by molar-refractivity contribution is 7.13. The molecule has 1 heterocycles. The van der Waals surface area contributed by atoms with Crippen molar-refractivity contribution in [2.45, 2.75) is 70.7 Å². The number of aliphatic hydroxyl groups is 1. The molecule has 4 aliphatic rings. The van der Waals surface area contributed by atoms with Gasteiger partial charge in [0.05, 0.1) is 11.8 Å². The molecule has 190 valence electrons. The van der Waals surface area contributed by atoms with E-state index in [0.717, 1.165) is 29.4 Å². The summed E-state index contributed by atoms with van der Waals surface area (Å²) in [5.41, 5.74) is 0.196. The van der Waals surface area contributed by atoms with Crippen LogP contribution in [0.4, 0.5) is 9.52 Å². The first-order valence-electron chi connectivity index (χ1n) is 13.2.